The maximum Gasteiger partial charge on any atom is 0.257 e. The van der Waals surface area contributed by atoms with Crippen LogP contribution in [0.25, 0.3) is 0 Å². The van der Waals surface area contributed by atoms with E-state index in [0.717, 1.165) is 5.69 Å². The summed E-state index contributed by atoms with van der Waals surface area (Å²) in [7, 11) is 0. The van der Waals surface area contributed by atoms with E-state index in [1.807, 2.05) is 13.8 Å². The molecule has 0 aliphatic carbocycles. The van der Waals surface area contributed by atoms with E-state index in [2.05, 4.69) is 10.3 Å². The smallest absolute Gasteiger partial charge is 0.257 e. The first-order valence-corrected chi connectivity index (χ1v) is 8.78. The number of anilines is 1. The zero-order valence-electron chi connectivity index (χ0n) is 13.5. The number of nitrogens with one attached hydrogen (secondary N) is 1. The van der Waals surface area contributed by atoms with Crippen LogP contribution in [0.15, 0.2) is 34.2 Å². The van der Waals surface area contributed by atoms with E-state index in [1.54, 1.807) is 16.7 Å². The van der Waals surface area contributed by atoms with Crippen LogP contribution in [0.4, 0.5) is 10.1 Å². The van der Waals surface area contributed by atoms with Gasteiger partial charge in [0.2, 0.25) is 5.91 Å². The molecule has 0 spiro atoms. The molecule has 0 radical (unpaired) electrons. The molecule has 1 atom stereocenters. The molecule has 24 heavy (non-hydrogen) atoms. The summed E-state index contributed by atoms with van der Waals surface area (Å²) in [6.45, 7) is 4.01. The van der Waals surface area contributed by atoms with Gasteiger partial charge in [0, 0.05) is 23.6 Å². The van der Waals surface area contributed by atoms with Gasteiger partial charge in [0.15, 0.2) is 5.16 Å². The molecule has 0 saturated heterocycles. The zero-order valence-corrected chi connectivity index (χ0v) is 14.3. The third-order valence-electron chi connectivity index (χ3n) is 4.11. The number of amides is 1. The first-order chi connectivity index (χ1) is 11.5. The van der Waals surface area contributed by atoms with Crippen LogP contribution in [-0.4, -0.2) is 21.2 Å². The van der Waals surface area contributed by atoms with Crippen molar-refractivity contribution in [2.45, 2.75) is 32.0 Å². The van der Waals surface area contributed by atoms with Gasteiger partial charge in [-0.1, -0.05) is 30.8 Å². The van der Waals surface area contributed by atoms with E-state index in [9.17, 15) is 14.0 Å². The second-order valence-electron chi connectivity index (χ2n) is 5.70. The highest BCUT2D eigenvalue weighted by atomic mass is 32.2. The van der Waals surface area contributed by atoms with E-state index in [1.165, 1.54) is 23.9 Å². The number of carbonyl (C=O) groups excluding carboxylic acids is 1. The molecule has 1 aliphatic rings. The molecule has 1 aromatic heterocycles. The van der Waals surface area contributed by atoms with Crippen molar-refractivity contribution in [2.75, 3.05) is 11.1 Å². The summed E-state index contributed by atoms with van der Waals surface area (Å²) in [6.07, 6.45) is 0.606. The van der Waals surface area contributed by atoms with Crippen LogP contribution in [0.1, 0.15) is 18.2 Å². The van der Waals surface area contributed by atoms with Gasteiger partial charge in [0.05, 0.1) is 11.6 Å². The van der Waals surface area contributed by atoms with Gasteiger partial charge in [-0.25, -0.2) is 9.37 Å². The van der Waals surface area contributed by atoms with Crippen molar-refractivity contribution in [2.24, 2.45) is 5.92 Å². The summed E-state index contributed by atoms with van der Waals surface area (Å²) in [5.41, 5.74) is 1.49. The average molecular weight is 347 g/mol. The highest BCUT2D eigenvalue weighted by Gasteiger charge is 2.28. The zero-order chi connectivity index (χ0) is 17.3. The molecular weight excluding hydrogens is 329 g/mol. The van der Waals surface area contributed by atoms with Gasteiger partial charge in [-0.2, -0.15) is 0 Å². The van der Waals surface area contributed by atoms with E-state index < -0.39 is 11.7 Å². The predicted molar refractivity (Wildman–Crippen MR) is 91.9 cm³/mol. The molecule has 1 unspecified atom stereocenters. The van der Waals surface area contributed by atoms with Gasteiger partial charge in [0.1, 0.15) is 5.82 Å². The Morgan fingerprint density at radius 2 is 2.21 bits per heavy atom. The molecule has 1 aliphatic heterocycles. The Bertz CT molecular complexity index is 850. The number of fused-ring (bicyclic) bond motifs is 1. The SMILES string of the molecule is CCc1c(C)nc2n(c1=O)CC(C(=O)Nc1ccccc1F)CS2. The van der Waals surface area contributed by atoms with Crippen molar-refractivity contribution in [3.8, 4) is 0 Å². The third-order valence-corrected chi connectivity index (χ3v) is 5.25. The lowest BCUT2D eigenvalue weighted by Crippen LogP contribution is -2.38. The highest BCUT2D eigenvalue weighted by molar-refractivity contribution is 7.99. The summed E-state index contributed by atoms with van der Waals surface area (Å²) in [5, 5.41) is 3.25. The maximum atomic E-state index is 13.7. The van der Waals surface area contributed by atoms with E-state index in [4.69, 9.17) is 0 Å². The Morgan fingerprint density at radius 3 is 2.92 bits per heavy atom. The Hall–Kier alpha value is -2.15. The fourth-order valence-electron chi connectivity index (χ4n) is 2.76. The second kappa shape index (κ2) is 6.76. The average Bonchev–Trinajstić information content (AvgIpc) is 2.57. The number of hydrogen-bond acceptors (Lipinski definition) is 4. The number of benzene rings is 1. The molecule has 0 bridgehead atoms. The summed E-state index contributed by atoms with van der Waals surface area (Å²) in [5.74, 6) is -0.660. The van der Waals surface area contributed by atoms with Crippen LogP contribution < -0.4 is 10.9 Å². The van der Waals surface area contributed by atoms with Crippen LogP contribution in [0.3, 0.4) is 0 Å². The number of aryl methyl sites for hydroxylation is 1. The second-order valence-corrected chi connectivity index (χ2v) is 6.69. The molecule has 1 N–H and O–H groups in total. The molecule has 1 amide bonds. The van der Waals surface area contributed by atoms with E-state index >= 15 is 0 Å². The molecule has 2 heterocycles. The van der Waals surface area contributed by atoms with Crippen molar-refractivity contribution in [1.82, 2.24) is 9.55 Å². The first kappa shape index (κ1) is 16.7. The number of carbonyl (C=O) groups is 1. The number of rotatable bonds is 3. The summed E-state index contributed by atoms with van der Waals surface area (Å²) < 4.78 is 15.2. The van der Waals surface area contributed by atoms with Crippen LogP contribution >= 0.6 is 11.8 Å². The quantitative estimate of drug-likeness (QED) is 0.867. The van der Waals surface area contributed by atoms with Crippen molar-refractivity contribution in [3.63, 3.8) is 0 Å². The standard InChI is InChI=1S/C17H18FN3O2S/c1-3-12-10(2)19-17-21(16(12)23)8-11(9-24-17)15(22)20-14-7-5-4-6-13(14)18/h4-7,11H,3,8-9H2,1-2H3,(H,20,22). The molecule has 0 saturated carbocycles. The number of thioether (sulfide) groups is 1. The van der Waals surface area contributed by atoms with Crippen LogP contribution in [0, 0.1) is 18.7 Å². The summed E-state index contributed by atoms with van der Waals surface area (Å²) in [6, 6.07) is 6.04. The summed E-state index contributed by atoms with van der Waals surface area (Å²) >= 11 is 1.38. The maximum absolute atomic E-state index is 13.7. The van der Waals surface area contributed by atoms with Gasteiger partial charge in [-0.15, -0.1) is 0 Å². The third kappa shape index (κ3) is 3.08. The Balaban J connectivity index is 1.83. The highest BCUT2D eigenvalue weighted by Crippen LogP contribution is 2.27. The largest absolute Gasteiger partial charge is 0.323 e. The lowest BCUT2D eigenvalue weighted by atomic mass is 10.1. The minimum atomic E-state index is -0.475. The number of nitrogens with zero attached hydrogens (tertiary/aromatic N) is 2. The Morgan fingerprint density at radius 1 is 1.46 bits per heavy atom. The van der Waals surface area contributed by atoms with Gasteiger partial charge in [0.25, 0.3) is 5.56 Å². The first-order valence-electron chi connectivity index (χ1n) is 7.79. The van der Waals surface area contributed by atoms with Crippen LogP contribution in [0.2, 0.25) is 0 Å². The Kier molecular flexibility index (Phi) is 4.71. The van der Waals surface area contributed by atoms with Crippen LogP contribution in [0.5, 0.6) is 0 Å². The Labute approximate surface area is 143 Å². The molecular formula is C17H18FN3O2S. The number of para-hydroxylation sites is 1. The minimum Gasteiger partial charge on any atom is -0.323 e. The lowest BCUT2D eigenvalue weighted by Gasteiger charge is -2.25. The molecule has 1 aromatic carbocycles. The van der Waals surface area contributed by atoms with Crippen molar-refractivity contribution >= 4 is 23.4 Å². The van der Waals surface area contributed by atoms with Gasteiger partial charge < -0.3 is 5.32 Å². The molecule has 2 aromatic rings. The molecule has 0 fully saturated rings. The van der Waals surface area contributed by atoms with E-state index in [-0.39, 0.29) is 23.7 Å². The van der Waals surface area contributed by atoms with Gasteiger partial charge in [-0.3, -0.25) is 14.2 Å². The fourth-order valence-corrected chi connectivity index (χ4v) is 3.88. The molecule has 5 nitrogen and oxygen atoms in total. The van der Waals surface area contributed by atoms with Crippen molar-refractivity contribution in [1.29, 1.82) is 0 Å². The number of hydrogen-bond donors (Lipinski definition) is 1. The predicted octanol–water partition coefficient (Wildman–Crippen LogP) is 2.61. The number of aromatic nitrogens is 2. The molecule has 126 valence electrons. The lowest BCUT2D eigenvalue weighted by molar-refractivity contribution is -0.119. The normalized spacial score (nSPS) is 16.5. The van der Waals surface area contributed by atoms with Gasteiger partial charge >= 0.3 is 0 Å². The number of halogens is 1. The fraction of sp³-hybridized carbons (Fsp3) is 0.353. The molecule has 7 heteroatoms. The van der Waals surface area contributed by atoms with Crippen LogP contribution in [-0.2, 0) is 17.8 Å². The summed E-state index contributed by atoms with van der Waals surface area (Å²) in [4.78, 5) is 29.5. The van der Waals surface area contributed by atoms with E-state index in [0.29, 0.717) is 22.9 Å². The molecule has 3 rings (SSSR count). The van der Waals surface area contributed by atoms with Gasteiger partial charge in [-0.05, 0) is 25.5 Å². The monoisotopic (exact) mass is 347 g/mol. The minimum absolute atomic E-state index is 0.0871. The topological polar surface area (TPSA) is 64.0 Å². The van der Waals surface area contributed by atoms with Crippen molar-refractivity contribution < 1.29 is 9.18 Å². The van der Waals surface area contributed by atoms with Crippen molar-refractivity contribution in [3.05, 3.63) is 51.7 Å².